The summed E-state index contributed by atoms with van der Waals surface area (Å²) in [7, 11) is 0. The molecule has 68 valence electrons. The third kappa shape index (κ3) is 2.18. The maximum Gasteiger partial charge on any atom is 0.264 e. The van der Waals surface area contributed by atoms with Gasteiger partial charge in [0.1, 0.15) is 12.4 Å². The fourth-order valence-electron chi connectivity index (χ4n) is 0.959. The fraction of sp³-hybridized carbons (Fsp3) is 0.571. The Hall–Kier alpha value is -1.13. The molecule has 0 saturated carbocycles. The Morgan fingerprint density at radius 2 is 2.25 bits per heavy atom. The van der Waals surface area contributed by atoms with E-state index in [0.717, 1.165) is 6.92 Å². The number of halogens is 2. The molecule has 1 aromatic heterocycles. The molecule has 3 nitrogen and oxygen atoms in total. The molecule has 0 spiro atoms. The van der Waals surface area contributed by atoms with Gasteiger partial charge >= 0.3 is 0 Å². The number of nitrogens with two attached hydrogens (primary N) is 1. The van der Waals surface area contributed by atoms with Crippen molar-refractivity contribution in [3.63, 3.8) is 0 Å². The Bertz CT molecular complexity index is 275. The van der Waals surface area contributed by atoms with Gasteiger partial charge in [-0.15, -0.1) is 0 Å². The molecule has 0 bridgehead atoms. The van der Waals surface area contributed by atoms with Gasteiger partial charge in [0.15, 0.2) is 0 Å². The van der Waals surface area contributed by atoms with Gasteiger partial charge in [-0.2, -0.15) is 5.10 Å². The minimum Gasteiger partial charge on any atom is -0.382 e. The van der Waals surface area contributed by atoms with Crippen LogP contribution < -0.4 is 5.73 Å². The molecule has 1 heterocycles. The molecule has 0 aliphatic carbocycles. The average Bonchev–Trinajstić information content (AvgIpc) is 2.06. The van der Waals surface area contributed by atoms with E-state index in [1.54, 1.807) is 13.0 Å². The number of nitrogen functional groups attached to an aromatic ring is 1. The molecule has 0 atom stereocenters. The summed E-state index contributed by atoms with van der Waals surface area (Å²) in [4.78, 5) is 0. The molecule has 0 aliphatic heterocycles. The van der Waals surface area contributed by atoms with Gasteiger partial charge in [0, 0.05) is 18.7 Å². The van der Waals surface area contributed by atoms with Gasteiger partial charge < -0.3 is 5.73 Å². The van der Waals surface area contributed by atoms with E-state index in [4.69, 9.17) is 5.73 Å². The first kappa shape index (κ1) is 8.96. The van der Waals surface area contributed by atoms with Gasteiger partial charge in [0.05, 0.1) is 0 Å². The van der Waals surface area contributed by atoms with Crippen molar-refractivity contribution < 1.29 is 8.78 Å². The number of anilines is 1. The fourth-order valence-corrected chi connectivity index (χ4v) is 0.959. The van der Waals surface area contributed by atoms with Crippen molar-refractivity contribution in [3.05, 3.63) is 11.8 Å². The molecule has 0 aliphatic rings. The van der Waals surface area contributed by atoms with Crippen LogP contribution in [0.4, 0.5) is 14.6 Å². The molecule has 0 radical (unpaired) electrons. The number of rotatable bonds is 2. The van der Waals surface area contributed by atoms with E-state index < -0.39 is 12.5 Å². The summed E-state index contributed by atoms with van der Waals surface area (Å²) in [6.07, 6.45) is 0. The third-order valence-corrected chi connectivity index (χ3v) is 1.43. The highest BCUT2D eigenvalue weighted by Crippen LogP contribution is 2.16. The number of nitrogens with zero attached hydrogens (tertiary/aromatic N) is 2. The first-order chi connectivity index (χ1) is 5.38. The first-order valence-electron chi connectivity index (χ1n) is 3.56. The maximum atomic E-state index is 12.5. The number of hydrogen-bond donors (Lipinski definition) is 1. The van der Waals surface area contributed by atoms with Crippen molar-refractivity contribution in [1.82, 2.24) is 9.78 Å². The van der Waals surface area contributed by atoms with Gasteiger partial charge in [0.2, 0.25) is 0 Å². The molecule has 0 aromatic carbocycles. The molecular formula is C7H11F2N3. The van der Waals surface area contributed by atoms with E-state index in [2.05, 4.69) is 5.10 Å². The topological polar surface area (TPSA) is 43.8 Å². The zero-order valence-corrected chi connectivity index (χ0v) is 7.01. The van der Waals surface area contributed by atoms with Crippen LogP contribution in [0.3, 0.4) is 0 Å². The highest BCUT2D eigenvalue weighted by Gasteiger charge is 2.23. The number of aryl methyl sites for hydroxylation is 1. The van der Waals surface area contributed by atoms with Gasteiger partial charge in [-0.3, -0.25) is 4.68 Å². The van der Waals surface area contributed by atoms with E-state index >= 15 is 0 Å². The first-order valence-corrected chi connectivity index (χ1v) is 3.56. The molecule has 0 saturated heterocycles. The van der Waals surface area contributed by atoms with Crippen molar-refractivity contribution in [3.8, 4) is 0 Å². The Kier molecular flexibility index (Phi) is 2.04. The van der Waals surface area contributed by atoms with E-state index in [1.807, 2.05) is 0 Å². The summed E-state index contributed by atoms with van der Waals surface area (Å²) >= 11 is 0. The Balaban J connectivity index is 2.82. The Morgan fingerprint density at radius 3 is 2.58 bits per heavy atom. The molecule has 0 unspecified atom stereocenters. The molecule has 2 N–H and O–H groups in total. The molecule has 1 rings (SSSR count). The normalized spacial score (nSPS) is 12.0. The SMILES string of the molecule is Cc1cc(N)nn1CC(C)(F)F. The molecular weight excluding hydrogens is 164 g/mol. The van der Waals surface area contributed by atoms with Crippen LogP contribution in [0.15, 0.2) is 6.07 Å². The maximum absolute atomic E-state index is 12.5. The predicted molar refractivity (Wildman–Crippen MR) is 42.0 cm³/mol. The van der Waals surface area contributed by atoms with Crippen LogP contribution in [-0.4, -0.2) is 15.7 Å². The molecule has 12 heavy (non-hydrogen) atoms. The zero-order chi connectivity index (χ0) is 9.35. The second-order valence-corrected chi connectivity index (χ2v) is 2.94. The van der Waals surface area contributed by atoms with Crippen LogP contribution in [0.2, 0.25) is 0 Å². The number of aromatic nitrogens is 2. The van der Waals surface area contributed by atoms with Crippen LogP contribution >= 0.6 is 0 Å². The summed E-state index contributed by atoms with van der Waals surface area (Å²) in [5, 5.41) is 3.71. The van der Waals surface area contributed by atoms with Gasteiger partial charge in [0.25, 0.3) is 5.92 Å². The van der Waals surface area contributed by atoms with Crippen LogP contribution in [0, 0.1) is 6.92 Å². The molecule has 1 aromatic rings. The van der Waals surface area contributed by atoms with E-state index in [9.17, 15) is 8.78 Å². The minimum absolute atomic E-state index is 0.275. The van der Waals surface area contributed by atoms with E-state index in [1.165, 1.54) is 4.68 Å². The van der Waals surface area contributed by atoms with Crippen LogP contribution in [0.1, 0.15) is 12.6 Å². The monoisotopic (exact) mass is 175 g/mol. The van der Waals surface area contributed by atoms with Crippen molar-refractivity contribution >= 4 is 5.82 Å². The lowest BCUT2D eigenvalue weighted by Crippen LogP contribution is -2.21. The van der Waals surface area contributed by atoms with Crippen molar-refractivity contribution in [2.24, 2.45) is 0 Å². The van der Waals surface area contributed by atoms with Crippen LogP contribution in [0.5, 0.6) is 0 Å². The summed E-state index contributed by atoms with van der Waals surface area (Å²) in [6, 6.07) is 1.56. The summed E-state index contributed by atoms with van der Waals surface area (Å²) in [6.45, 7) is 2.12. The number of hydrogen-bond acceptors (Lipinski definition) is 2. The highest BCUT2D eigenvalue weighted by molar-refractivity contribution is 5.28. The quantitative estimate of drug-likeness (QED) is 0.738. The zero-order valence-electron chi connectivity index (χ0n) is 7.01. The predicted octanol–water partition coefficient (Wildman–Crippen LogP) is 1.43. The lowest BCUT2D eigenvalue weighted by Gasteiger charge is -2.10. The standard InChI is InChI=1S/C7H11F2N3/c1-5-3-6(10)11-12(5)4-7(2,8)9/h3H,4H2,1-2H3,(H2,10,11). The van der Waals surface area contributed by atoms with Crippen LogP contribution in [-0.2, 0) is 6.54 Å². The highest BCUT2D eigenvalue weighted by atomic mass is 19.3. The Morgan fingerprint density at radius 1 is 1.67 bits per heavy atom. The van der Waals surface area contributed by atoms with Crippen LogP contribution in [0.25, 0.3) is 0 Å². The second kappa shape index (κ2) is 2.73. The lowest BCUT2D eigenvalue weighted by molar-refractivity contribution is 0.000101. The van der Waals surface area contributed by atoms with Crippen molar-refractivity contribution in [1.29, 1.82) is 0 Å². The summed E-state index contributed by atoms with van der Waals surface area (Å²) in [5.41, 5.74) is 5.97. The molecule has 0 fully saturated rings. The van der Waals surface area contributed by atoms with Gasteiger partial charge in [-0.25, -0.2) is 8.78 Å². The summed E-state index contributed by atoms with van der Waals surface area (Å²) in [5.74, 6) is -2.47. The molecule has 5 heteroatoms. The van der Waals surface area contributed by atoms with Gasteiger partial charge in [-0.1, -0.05) is 0 Å². The largest absolute Gasteiger partial charge is 0.382 e. The van der Waals surface area contributed by atoms with Crippen molar-refractivity contribution in [2.75, 3.05) is 5.73 Å². The van der Waals surface area contributed by atoms with Crippen molar-refractivity contribution in [2.45, 2.75) is 26.3 Å². The smallest absolute Gasteiger partial charge is 0.264 e. The lowest BCUT2D eigenvalue weighted by atomic mass is 10.4. The second-order valence-electron chi connectivity index (χ2n) is 2.94. The Labute approximate surface area is 69.2 Å². The van der Waals surface area contributed by atoms with E-state index in [-0.39, 0.29) is 5.82 Å². The molecule has 0 amide bonds. The minimum atomic E-state index is -2.75. The third-order valence-electron chi connectivity index (χ3n) is 1.43. The van der Waals surface area contributed by atoms with Gasteiger partial charge in [-0.05, 0) is 6.92 Å². The van der Waals surface area contributed by atoms with E-state index in [0.29, 0.717) is 5.69 Å². The average molecular weight is 175 g/mol. The summed E-state index contributed by atoms with van der Waals surface area (Å²) < 4.78 is 26.2. The number of alkyl halides is 2.